The first-order chi connectivity index (χ1) is 29.8. The molecule has 26 atom stereocenters. The fraction of sp³-hybridized carbons (Fsp3) is 0.955. The highest BCUT2D eigenvalue weighted by Crippen LogP contribution is 2.70. The van der Waals surface area contributed by atoms with Crippen molar-refractivity contribution in [3.63, 3.8) is 0 Å². The molecule has 4 aliphatic carbocycles. The van der Waals surface area contributed by atoms with Crippen molar-refractivity contribution in [2.75, 3.05) is 19.8 Å². The molecule has 4 heterocycles. The molecule has 4 saturated heterocycles. The molecule has 0 radical (unpaired) electrons. The molecule has 3 saturated carbocycles. The van der Waals surface area contributed by atoms with E-state index in [1.165, 1.54) is 5.57 Å². The summed E-state index contributed by atoms with van der Waals surface area (Å²) in [6, 6.07) is 0. The lowest BCUT2D eigenvalue weighted by atomic mass is 9.47. The molecule has 63 heavy (non-hydrogen) atoms. The average molecular weight is 905 g/mol. The monoisotopic (exact) mass is 904 g/mol. The maximum Gasteiger partial charge on any atom is 0.189 e. The van der Waals surface area contributed by atoms with Crippen LogP contribution < -0.4 is 0 Å². The van der Waals surface area contributed by atoms with Gasteiger partial charge in [-0.25, -0.2) is 0 Å². The second kappa shape index (κ2) is 18.5. The van der Waals surface area contributed by atoms with Crippen LogP contribution in [0.15, 0.2) is 11.6 Å². The summed E-state index contributed by atoms with van der Waals surface area (Å²) in [4.78, 5) is 0. The Kier molecular flexibility index (Phi) is 14.2. The van der Waals surface area contributed by atoms with Crippen LogP contribution in [-0.2, 0) is 33.2 Å². The molecule has 19 nitrogen and oxygen atoms in total. The van der Waals surface area contributed by atoms with Crippen molar-refractivity contribution in [2.24, 2.45) is 46.3 Å². The summed E-state index contributed by atoms with van der Waals surface area (Å²) < 4.78 is 41.3. The van der Waals surface area contributed by atoms with Crippen LogP contribution in [0.2, 0.25) is 0 Å². The molecule has 0 aromatic rings. The second-order valence-corrected chi connectivity index (χ2v) is 20.7. The molecule has 7 fully saturated rings. The van der Waals surface area contributed by atoms with Crippen LogP contribution in [0, 0.1) is 46.3 Å². The minimum atomic E-state index is -1.89. The Hall–Kier alpha value is -1.02. The molecule has 362 valence electrons. The second-order valence-electron chi connectivity index (χ2n) is 20.7. The quantitative estimate of drug-likeness (QED) is 0.0952. The summed E-state index contributed by atoms with van der Waals surface area (Å²) in [7, 11) is 0. The predicted octanol–water partition coefficient (Wildman–Crippen LogP) is -1.90. The van der Waals surface area contributed by atoms with Crippen molar-refractivity contribution in [3.8, 4) is 0 Å². The summed E-state index contributed by atoms with van der Waals surface area (Å²) in [5, 5.41) is 125. The van der Waals surface area contributed by atoms with E-state index in [-0.39, 0.29) is 47.4 Å². The molecular weight excluding hydrogens is 832 g/mol. The molecule has 3 unspecified atom stereocenters. The van der Waals surface area contributed by atoms with Crippen LogP contribution >= 0.6 is 0 Å². The van der Waals surface area contributed by atoms with Crippen molar-refractivity contribution in [2.45, 2.75) is 196 Å². The summed E-state index contributed by atoms with van der Waals surface area (Å²) in [5.41, 5.74) is 1.16. The van der Waals surface area contributed by atoms with Crippen LogP contribution in [0.25, 0.3) is 0 Å². The molecule has 0 bridgehead atoms. The maximum absolute atomic E-state index is 12.0. The van der Waals surface area contributed by atoms with E-state index in [1.54, 1.807) is 0 Å². The number of ether oxygens (including phenoxy) is 7. The highest BCUT2D eigenvalue weighted by atomic mass is 16.8. The van der Waals surface area contributed by atoms with E-state index in [1.807, 2.05) is 6.92 Å². The standard InChI is InChI=1S/C44H72O19/c1-18(17-57-39-35(53)31(49)29(47)26(15-45)59-39)7-12-44(56)19(2)28-25(63-44)14-24-22-6-5-20-13-21(8-10-42(20,3)23(22)9-11-43(24,28)4)58-41-37(33(51)30(48)27(16-46)60-41)61-40-36(54)32(50)34(52)38(55)62-40/h5,18-19,21-41,45-56H,6-17H2,1-4H3/t18-,19-,21?,22+,23-,24-,25?,26+,27+,28+,29+,30+,31-,32+,33-,34+,35+,36+,37+,38+,39-,40+,41+,42-,43-,44?/m0/s1. The molecule has 0 aromatic carbocycles. The molecule has 0 amide bonds. The van der Waals surface area contributed by atoms with E-state index in [0.717, 1.165) is 32.1 Å². The lowest BCUT2D eigenvalue weighted by Gasteiger charge is -2.58. The first-order valence-corrected chi connectivity index (χ1v) is 23.1. The van der Waals surface area contributed by atoms with E-state index in [9.17, 15) is 61.3 Å². The molecule has 0 aromatic heterocycles. The SMILES string of the molecule is C[C@@H](CCC1(O)OC2C[C@H]3[C@@H]4CC=C5CC(O[C@@H]6O[C@H](CO)[C@@H](O)[C@H](O)[C@H]6O[C@@H]6O[C@@H](O)[C@H](O)[C@@H](O)[C@H]6O)CC[C@]5(C)[C@H]4CC[C@]3(C)[C@@H]2[C@@H]1C)CO[C@H]1O[C@H](CO)[C@@H](O)[C@H](O)[C@H]1O. The van der Waals surface area contributed by atoms with Gasteiger partial charge in [0.2, 0.25) is 0 Å². The van der Waals surface area contributed by atoms with Gasteiger partial charge < -0.3 is 94.4 Å². The highest BCUT2D eigenvalue weighted by molar-refractivity contribution is 5.26. The van der Waals surface area contributed by atoms with Crippen molar-refractivity contribution >= 4 is 0 Å². The van der Waals surface area contributed by atoms with Gasteiger partial charge in [-0.3, -0.25) is 0 Å². The van der Waals surface area contributed by atoms with Crippen LogP contribution in [0.5, 0.6) is 0 Å². The topological polar surface area (TPSA) is 307 Å². The van der Waals surface area contributed by atoms with Gasteiger partial charge in [-0.15, -0.1) is 0 Å². The van der Waals surface area contributed by atoms with Crippen molar-refractivity contribution < 1.29 is 94.4 Å². The summed E-state index contributed by atoms with van der Waals surface area (Å²) in [6.45, 7) is 7.81. The van der Waals surface area contributed by atoms with Gasteiger partial charge in [0.05, 0.1) is 32.0 Å². The van der Waals surface area contributed by atoms with Gasteiger partial charge in [0.1, 0.15) is 67.1 Å². The summed E-state index contributed by atoms with van der Waals surface area (Å²) >= 11 is 0. The number of allylic oxidation sites excluding steroid dienone is 1. The third kappa shape index (κ3) is 8.50. The van der Waals surface area contributed by atoms with Gasteiger partial charge in [-0.2, -0.15) is 0 Å². The average Bonchev–Trinajstić information content (AvgIpc) is 3.70. The lowest BCUT2D eigenvalue weighted by molar-refractivity contribution is -0.388. The molecular formula is C44H72O19. The lowest BCUT2D eigenvalue weighted by Crippen LogP contribution is -2.64. The maximum atomic E-state index is 12.0. The molecule has 19 heteroatoms. The third-order valence-corrected chi connectivity index (χ3v) is 17.1. The first kappa shape index (κ1) is 48.4. The highest BCUT2D eigenvalue weighted by Gasteiger charge is 2.68. The fourth-order valence-electron chi connectivity index (χ4n) is 13.3. The summed E-state index contributed by atoms with van der Waals surface area (Å²) in [6.07, 6.45) is -14.3. The van der Waals surface area contributed by atoms with Gasteiger partial charge in [-0.1, -0.05) is 39.3 Å². The van der Waals surface area contributed by atoms with Gasteiger partial charge in [0, 0.05) is 12.3 Å². The Morgan fingerprint density at radius 2 is 1.40 bits per heavy atom. The van der Waals surface area contributed by atoms with Gasteiger partial charge >= 0.3 is 0 Å². The Labute approximate surface area is 367 Å². The van der Waals surface area contributed by atoms with Crippen molar-refractivity contribution in [1.29, 1.82) is 0 Å². The van der Waals surface area contributed by atoms with E-state index >= 15 is 0 Å². The van der Waals surface area contributed by atoms with Crippen LogP contribution in [-0.4, -0.2) is 191 Å². The predicted molar refractivity (Wildman–Crippen MR) is 214 cm³/mol. The Bertz CT molecular complexity index is 1610. The number of rotatable bonds is 12. The zero-order valence-electron chi connectivity index (χ0n) is 36.6. The van der Waals surface area contributed by atoms with Gasteiger partial charge in [0.15, 0.2) is 30.9 Å². The zero-order valence-corrected chi connectivity index (χ0v) is 36.6. The van der Waals surface area contributed by atoms with E-state index in [2.05, 4.69) is 26.8 Å². The van der Waals surface area contributed by atoms with E-state index in [0.29, 0.717) is 43.4 Å². The number of hydrogen-bond acceptors (Lipinski definition) is 19. The van der Waals surface area contributed by atoms with Gasteiger partial charge in [-0.05, 0) is 91.8 Å². The molecule has 0 spiro atoms. The third-order valence-electron chi connectivity index (χ3n) is 17.1. The minimum Gasteiger partial charge on any atom is -0.394 e. The van der Waals surface area contributed by atoms with Crippen LogP contribution in [0.4, 0.5) is 0 Å². The Morgan fingerprint density at radius 1 is 0.746 bits per heavy atom. The van der Waals surface area contributed by atoms with Gasteiger partial charge in [0.25, 0.3) is 0 Å². The fourth-order valence-corrected chi connectivity index (χ4v) is 13.3. The van der Waals surface area contributed by atoms with Crippen LogP contribution in [0.1, 0.15) is 85.5 Å². The largest absolute Gasteiger partial charge is 0.394 e. The Balaban J connectivity index is 0.885. The zero-order chi connectivity index (χ0) is 45.5. The number of aliphatic hydroxyl groups excluding tert-OH is 11. The van der Waals surface area contributed by atoms with Crippen LogP contribution in [0.3, 0.4) is 0 Å². The van der Waals surface area contributed by atoms with Crippen molar-refractivity contribution in [3.05, 3.63) is 11.6 Å². The smallest absolute Gasteiger partial charge is 0.189 e. The summed E-state index contributed by atoms with van der Waals surface area (Å²) in [5.74, 6) is -0.0568. The van der Waals surface area contributed by atoms with E-state index < -0.39 is 111 Å². The Morgan fingerprint density at radius 3 is 2.10 bits per heavy atom. The molecule has 8 aliphatic rings. The van der Waals surface area contributed by atoms with E-state index in [4.69, 9.17) is 33.2 Å². The molecule has 12 N–H and O–H groups in total. The number of aliphatic hydroxyl groups is 12. The number of fused-ring (bicyclic) bond motifs is 7. The molecule has 8 rings (SSSR count). The normalized spacial score (nSPS) is 55.0. The van der Waals surface area contributed by atoms with Crippen molar-refractivity contribution in [1.82, 2.24) is 0 Å². The minimum absolute atomic E-state index is 0.0304. The number of hydrogen-bond donors (Lipinski definition) is 12. The first-order valence-electron chi connectivity index (χ1n) is 23.1. The molecule has 4 aliphatic heterocycles.